The molecule has 0 saturated carbocycles. The highest BCUT2D eigenvalue weighted by atomic mass is 35.5. The summed E-state index contributed by atoms with van der Waals surface area (Å²) in [6.07, 6.45) is 3.21. The van der Waals surface area contributed by atoms with Crippen LogP contribution in [-0.2, 0) is 6.54 Å². The van der Waals surface area contributed by atoms with Gasteiger partial charge in [0.2, 0.25) is 5.95 Å². The molecule has 3 N–H and O–H groups in total. The van der Waals surface area contributed by atoms with Crippen molar-refractivity contribution < 1.29 is 0 Å². The normalized spacial score (nSPS) is 11.1. The van der Waals surface area contributed by atoms with Crippen molar-refractivity contribution in [2.75, 3.05) is 11.6 Å². The highest BCUT2D eigenvalue weighted by Gasteiger charge is 2.13. The van der Waals surface area contributed by atoms with Crippen LogP contribution >= 0.6 is 23.2 Å². The fraction of sp³-hybridized carbons (Fsp3) is 0.333. The number of aryl methyl sites for hydroxylation is 1. The molecule has 23 heavy (non-hydrogen) atoms. The number of allylic oxidation sites excluding steroid dienone is 3. The van der Waals surface area contributed by atoms with E-state index in [1.54, 1.807) is 11.6 Å². The Morgan fingerprint density at radius 1 is 1.39 bits per heavy atom. The van der Waals surface area contributed by atoms with Gasteiger partial charge in [0.05, 0.1) is 17.6 Å². The van der Waals surface area contributed by atoms with E-state index in [1.165, 1.54) is 6.21 Å². The number of anilines is 1. The molecule has 6 nitrogen and oxygen atoms in total. The summed E-state index contributed by atoms with van der Waals surface area (Å²) in [5.41, 5.74) is 8.90. The molecular weight excluding hydrogens is 335 g/mol. The fourth-order valence-electron chi connectivity index (χ4n) is 1.64. The highest BCUT2D eigenvalue weighted by molar-refractivity contribution is 6.34. The van der Waals surface area contributed by atoms with Crippen LogP contribution in [0.5, 0.6) is 0 Å². The average Bonchev–Trinajstić information content (AvgIpc) is 2.81. The van der Waals surface area contributed by atoms with E-state index in [0.29, 0.717) is 23.2 Å². The molecule has 0 unspecified atom stereocenters. The van der Waals surface area contributed by atoms with E-state index < -0.39 is 0 Å². The van der Waals surface area contributed by atoms with Crippen LogP contribution in [-0.4, -0.2) is 31.8 Å². The van der Waals surface area contributed by atoms with E-state index in [4.69, 9.17) is 34.3 Å². The third-order valence-electron chi connectivity index (χ3n) is 2.81. The second-order valence-corrected chi connectivity index (χ2v) is 5.64. The minimum Gasteiger partial charge on any atom is -0.368 e. The maximum Gasteiger partial charge on any atom is 0.223 e. The largest absolute Gasteiger partial charge is 0.368 e. The summed E-state index contributed by atoms with van der Waals surface area (Å²) in [4.78, 5) is 8.11. The number of alkyl halides is 1. The molecule has 0 atom stereocenters. The number of nitrogens with zero attached hydrogens (tertiary/aromatic N) is 4. The third kappa shape index (κ3) is 5.33. The molecule has 124 valence electrons. The molecule has 0 amide bonds. The van der Waals surface area contributed by atoms with E-state index in [0.717, 1.165) is 22.2 Å². The number of halogens is 2. The van der Waals surface area contributed by atoms with Crippen molar-refractivity contribution in [1.82, 2.24) is 19.7 Å². The van der Waals surface area contributed by atoms with Crippen LogP contribution in [0.2, 0.25) is 5.15 Å². The molecule has 0 saturated heterocycles. The van der Waals surface area contributed by atoms with Gasteiger partial charge in [-0.2, -0.15) is 10.1 Å². The zero-order valence-corrected chi connectivity index (χ0v) is 14.9. The van der Waals surface area contributed by atoms with Gasteiger partial charge in [0, 0.05) is 12.1 Å². The van der Waals surface area contributed by atoms with E-state index in [-0.39, 0.29) is 5.95 Å². The standard InChI is InChI=1S/C11H13Cl2N5.C4H7N/c1-6(5-12)3-4-18-10-8(7(2)17-18)9(13)15-11(14)16-10;1-4(2)3-5/h3H,4-5H2,1-2H3,(H2,14,15,16);3,5H,1H2,2H3/b6-3+;. The van der Waals surface area contributed by atoms with Gasteiger partial charge in [-0.05, 0) is 26.3 Å². The summed E-state index contributed by atoms with van der Waals surface area (Å²) < 4.78 is 1.74. The van der Waals surface area contributed by atoms with Crippen molar-refractivity contribution in [3.63, 3.8) is 0 Å². The lowest BCUT2D eigenvalue weighted by Crippen LogP contribution is -2.02. The Kier molecular flexibility index (Phi) is 7.19. The van der Waals surface area contributed by atoms with Gasteiger partial charge in [0.15, 0.2) is 5.65 Å². The molecule has 0 spiro atoms. The minimum atomic E-state index is 0.145. The van der Waals surface area contributed by atoms with E-state index in [1.807, 2.05) is 19.9 Å². The Balaban J connectivity index is 0.000000463. The number of hydrogen-bond donors (Lipinski definition) is 2. The summed E-state index contributed by atoms with van der Waals surface area (Å²) in [5, 5.41) is 11.9. The van der Waals surface area contributed by atoms with Gasteiger partial charge in [0.1, 0.15) is 5.15 Å². The lowest BCUT2D eigenvalue weighted by atomic mass is 10.3. The molecule has 0 aliphatic heterocycles. The van der Waals surface area contributed by atoms with Gasteiger partial charge < -0.3 is 11.1 Å². The van der Waals surface area contributed by atoms with E-state index in [9.17, 15) is 0 Å². The zero-order valence-electron chi connectivity index (χ0n) is 13.4. The van der Waals surface area contributed by atoms with Crippen molar-refractivity contribution >= 4 is 46.4 Å². The number of hydrogen-bond acceptors (Lipinski definition) is 5. The summed E-state index contributed by atoms with van der Waals surface area (Å²) in [7, 11) is 0. The maximum atomic E-state index is 6.43. The first-order valence-corrected chi connectivity index (χ1v) is 7.75. The third-order valence-corrected chi connectivity index (χ3v) is 3.50. The predicted molar refractivity (Wildman–Crippen MR) is 97.6 cm³/mol. The van der Waals surface area contributed by atoms with Crippen LogP contribution in [0.4, 0.5) is 5.95 Å². The fourth-order valence-corrected chi connectivity index (χ4v) is 2.06. The summed E-state index contributed by atoms with van der Waals surface area (Å²) in [6.45, 7) is 9.62. The molecule has 0 bridgehead atoms. The van der Waals surface area contributed by atoms with Crippen LogP contribution in [0.3, 0.4) is 0 Å². The first kappa shape index (κ1) is 19.1. The van der Waals surface area contributed by atoms with Crippen molar-refractivity contribution in [3.8, 4) is 0 Å². The quantitative estimate of drug-likeness (QED) is 0.378. The Morgan fingerprint density at radius 2 is 2.00 bits per heavy atom. The first-order chi connectivity index (χ1) is 10.8. The Bertz CT molecular complexity index is 748. The van der Waals surface area contributed by atoms with Crippen molar-refractivity contribution in [2.45, 2.75) is 27.3 Å². The van der Waals surface area contributed by atoms with Crippen molar-refractivity contribution in [3.05, 3.63) is 34.6 Å². The lowest BCUT2D eigenvalue weighted by molar-refractivity contribution is 0.707. The van der Waals surface area contributed by atoms with Crippen LogP contribution in [0.15, 0.2) is 23.8 Å². The van der Waals surface area contributed by atoms with Gasteiger partial charge >= 0.3 is 0 Å². The van der Waals surface area contributed by atoms with Crippen LogP contribution in [0.25, 0.3) is 11.0 Å². The van der Waals surface area contributed by atoms with Gasteiger partial charge in [-0.15, -0.1) is 11.6 Å². The Morgan fingerprint density at radius 3 is 2.52 bits per heavy atom. The van der Waals surface area contributed by atoms with E-state index >= 15 is 0 Å². The zero-order chi connectivity index (χ0) is 17.6. The van der Waals surface area contributed by atoms with Crippen LogP contribution in [0, 0.1) is 12.3 Å². The Labute approximate surface area is 145 Å². The van der Waals surface area contributed by atoms with Gasteiger partial charge in [-0.1, -0.05) is 29.8 Å². The molecule has 2 rings (SSSR count). The number of rotatable bonds is 4. The predicted octanol–water partition coefficient (Wildman–Crippen LogP) is 3.77. The monoisotopic (exact) mass is 354 g/mol. The van der Waals surface area contributed by atoms with Crippen molar-refractivity contribution in [2.24, 2.45) is 0 Å². The number of aromatic nitrogens is 4. The molecule has 2 aromatic rings. The van der Waals surface area contributed by atoms with Gasteiger partial charge in [-0.25, -0.2) is 9.67 Å². The second kappa shape index (κ2) is 8.64. The first-order valence-electron chi connectivity index (χ1n) is 6.83. The maximum absolute atomic E-state index is 6.43. The average molecular weight is 355 g/mol. The minimum absolute atomic E-state index is 0.145. The molecule has 8 heteroatoms. The van der Waals surface area contributed by atoms with Gasteiger partial charge in [-0.3, -0.25) is 0 Å². The smallest absolute Gasteiger partial charge is 0.223 e. The second-order valence-electron chi connectivity index (χ2n) is 5.01. The molecule has 2 aromatic heterocycles. The SMILES string of the molecule is C/C(=C\Cn1nc(C)c2c(Cl)nc(N)nc21)CCl.C=C(C)C=N. The van der Waals surface area contributed by atoms with Crippen LogP contribution in [0.1, 0.15) is 19.5 Å². The number of nitrogen functional groups attached to an aromatic ring is 1. The van der Waals surface area contributed by atoms with E-state index in [2.05, 4.69) is 21.6 Å². The molecule has 0 radical (unpaired) electrons. The summed E-state index contributed by atoms with van der Waals surface area (Å²) >= 11 is 11.8. The molecule has 2 heterocycles. The molecular formula is C15H20Cl2N6. The highest BCUT2D eigenvalue weighted by Crippen LogP contribution is 2.24. The topological polar surface area (TPSA) is 93.5 Å². The summed E-state index contributed by atoms with van der Waals surface area (Å²) in [5.74, 6) is 0.641. The van der Waals surface area contributed by atoms with Gasteiger partial charge in [0.25, 0.3) is 0 Å². The van der Waals surface area contributed by atoms with Crippen molar-refractivity contribution in [1.29, 1.82) is 5.41 Å². The molecule has 0 aliphatic carbocycles. The Hall–Kier alpha value is -1.92. The number of fused-ring (bicyclic) bond motifs is 1. The lowest BCUT2D eigenvalue weighted by Gasteiger charge is -2.01. The molecule has 0 aliphatic rings. The number of nitrogens with one attached hydrogen (secondary N) is 1. The number of nitrogens with two attached hydrogens (primary N) is 1. The van der Waals surface area contributed by atoms with Crippen LogP contribution < -0.4 is 5.73 Å². The molecule has 0 fully saturated rings. The molecule has 0 aromatic carbocycles. The summed E-state index contributed by atoms with van der Waals surface area (Å²) in [6, 6.07) is 0.